The van der Waals surface area contributed by atoms with Crippen LogP contribution in [0.5, 0.6) is 0 Å². The summed E-state index contributed by atoms with van der Waals surface area (Å²) in [7, 11) is 0. The van der Waals surface area contributed by atoms with Gasteiger partial charge >= 0.3 is 0 Å². The molecule has 2 heterocycles. The molecule has 6 heteroatoms. The Bertz CT molecular complexity index is 715. The largest absolute Gasteiger partial charge is 0.291 e. The Hall–Kier alpha value is -1.87. The number of nitrogens with zero attached hydrogens (tertiary/aromatic N) is 4. The van der Waals surface area contributed by atoms with E-state index in [1.165, 1.54) is 11.8 Å². The van der Waals surface area contributed by atoms with Crippen molar-refractivity contribution in [2.24, 2.45) is 5.92 Å². The normalized spacial score (nSPS) is 10.9. The predicted octanol–water partition coefficient (Wildman–Crippen LogP) is 2.04. The second kappa shape index (κ2) is 5.41. The standard InChI is InChI=1S/C13H14N4OS/c1-8(2)7-17-11-10(4-9(5-14)12(17)18)6-15-13(16-11)19-3/h4,6,8H,7H2,1-3H3. The highest BCUT2D eigenvalue weighted by Crippen LogP contribution is 2.16. The van der Waals surface area contributed by atoms with Gasteiger partial charge in [-0.05, 0) is 18.2 Å². The van der Waals surface area contributed by atoms with Gasteiger partial charge in [-0.15, -0.1) is 0 Å². The van der Waals surface area contributed by atoms with Crippen LogP contribution in [-0.4, -0.2) is 20.8 Å². The maximum absolute atomic E-state index is 12.2. The Balaban J connectivity index is 2.81. The molecule has 0 aliphatic carbocycles. The number of hydrogen-bond donors (Lipinski definition) is 0. The summed E-state index contributed by atoms with van der Waals surface area (Å²) in [5.74, 6) is 0.294. The van der Waals surface area contributed by atoms with Gasteiger partial charge in [-0.25, -0.2) is 9.97 Å². The Morgan fingerprint density at radius 1 is 1.53 bits per heavy atom. The van der Waals surface area contributed by atoms with Crippen molar-refractivity contribution in [3.63, 3.8) is 0 Å². The third-order valence-electron chi connectivity index (χ3n) is 2.66. The van der Waals surface area contributed by atoms with E-state index in [2.05, 4.69) is 9.97 Å². The molecule has 0 spiro atoms. The second-order valence-corrected chi connectivity index (χ2v) is 5.39. The molecule has 0 N–H and O–H groups in total. The number of hydrogen-bond acceptors (Lipinski definition) is 5. The first-order valence-corrected chi connectivity index (χ1v) is 7.14. The van der Waals surface area contributed by atoms with E-state index < -0.39 is 0 Å². The lowest BCUT2D eigenvalue weighted by Gasteiger charge is -2.12. The number of fused-ring (bicyclic) bond motifs is 1. The summed E-state index contributed by atoms with van der Waals surface area (Å²) in [5.41, 5.74) is 0.445. The van der Waals surface area contributed by atoms with Crippen molar-refractivity contribution in [2.75, 3.05) is 6.26 Å². The fourth-order valence-electron chi connectivity index (χ4n) is 1.86. The number of thioether (sulfide) groups is 1. The van der Waals surface area contributed by atoms with Crippen molar-refractivity contribution in [2.45, 2.75) is 25.5 Å². The molecule has 0 saturated carbocycles. The van der Waals surface area contributed by atoms with Gasteiger partial charge in [-0.3, -0.25) is 9.36 Å². The zero-order valence-electron chi connectivity index (χ0n) is 11.0. The van der Waals surface area contributed by atoms with Gasteiger partial charge in [0.05, 0.1) is 0 Å². The van der Waals surface area contributed by atoms with Gasteiger partial charge in [0.15, 0.2) is 5.16 Å². The Morgan fingerprint density at radius 3 is 2.84 bits per heavy atom. The van der Waals surface area contributed by atoms with E-state index in [4.69, 9.17) is 5.26 Å². The minimum atomic E-state index is -0.283. The smallest absolute Gasteiger partial charge is 0.270 e. The number of rotatable bonds is 3. The molecule has 5 nitrogen and oxygen atoms in total. The van der Waals surface area contributed by atoms with E-state index in [9.17, 15) is 4.79 Å². The quantitative estimate of drug-likeness (QED) is 0.632. The topological polar surface area (TPSA) is 71.6 Å². The third kappa shape index (κ3) is 2.61. The van der Waals surface area contributed by atoms with Gasteiger partial charge in [-0.2, -0.15) is 5.26 Å². The lowest BCUT2D eigenvalue weighted by atomic mass is 10.2. The molecular weight excluding hydrogens is 260 g/mol. The van der Waals surface area contributed by atoms with Crippen LogP contribution in [0.4, 0.5) is 0 Å². The van der Waals surface area contributed by atoms with Crippen molar-refractivity contribution >= 4 is 22.8 Å². The molecule has 0 atom stereocenters. The summed E-state index contributed by atoms with van der Waals surface area (Å²) in [5, 5.41) is 10.4. The highest BCUT2D eigenvalue weighted by molar-refractivity contribution is 7.98. The van der Waals surface area contributed by atoms with Crippen LogP contribution in [0.25, 0.3) is 11.0 Å². The van der Waals surface area contributed by atoms with Gasteiger partial charge < -0.3 is 0 Å². The van der Waals surface area contributed by atoms with Crippen molar-refractivity contribution in [1.29, 1.82) is 5.26 Å². The van der Waals surface area contributed by atoms with Crippen molar-refractivity contribution < 1.29 is 0 Å². The summed E-state index contributed by atoms with van der Waals surface area (Å²) in [6.45, 7) is 4.58. The maximum Gasteiger partial charge on any atom is 0.270 e. The fraction of sp³-hybridized carbons (Fsp3) is 0.385. The van der Waals surface area contributed by atoms with Crippen molar-refractivity contribution in [3.8, 4) is 6.07 Å². The Labute approximate surface area is 115 Å². The van der Waals surface area contributed by atoms with Gasteiger partial charge in [0.1, 0.15) is 17.3 Å². The molecule has 19 heavy (non-hydrogen) atoms. The second-order valence-electron chi connectivity index (χ2n) is 4.62. The molecule has 98 valence electrons. The highest BCUT2D eigenvalue weighted by atomic mass is 32.2. The number of aromatic nitrogens is 3. The van der Waals surface area contributed by atoms with E-state index in [1.54, 1.807) is 16.8 Å². The molecule has 0 fully saturated rings. The molecule has 0 amide bonds. The minimum absolute atomic E-state index is 0.133. The Morgan fingerprint density at radius 2 is 2.26 bits per heavy atom. The van der Waals surface area contributed by atoms with Crippen LogP contribution >= 0.6 is 11.8 Å². The highest BCUT2D eigenvalue weighted by Gasteiger charge is 2.12. The van der Waals surface area contributed by atoms with Crippen LogP contribution in [0.2, 0.25) is 0 Å². The molecule has 0 aliphatic heterocycles. The first-order valence-electron chi connectivity index (χ1n) is 5.91. The molecule has 2 aromatic rings. The van der Waals surface area contributed by atoms with Crippen molar-refractivity contribution in [1.82, 2.24) is 14.5 Å². The zero-order chi connectivity index (χ0) is 14.0. The summed E-state index contributed by atoms with van der Waals surface area (Å²) in [6.07, 6.45) is 3.54. The van der Waals surface area contributed by atoms with E-state index in [-0.39, 0.29) is 11.1 Å². The van der Waals surface area contributed by atoms with Crippen molar-refractivity contribution in [3.05, 3.63) is 28.2 Å². The van der Waals surface area contributed by atoms with E-state index in [0.717, 1.165) is 5.39 Å². The van der Waals surface area contributed by atoms with E-state index in [0.29, 0.717) is 23.3 Å². The molecule has 2 aromatic heterocycles. The van der Waals surface area contributed by atoms with Gasteiger partial charge in [0.2, 0.25) is 0 Å². The van der Waals surface area contributed by atoms with Crippen LogP contribution in [0.15, 0.2) is 22.2 Å². The van der Waals surface area contributed by atoms with Gasteiger partial charge in [0.25, 0.3) is 5.56 Å². The average molecular weight is 274 g/mol. The summed E-state index contributed by atoms with van der Waals surface area (Å²) >= 11 is 1.42. The molecule has 0 saturated heterocycles. The van der Waals surface area contributed by atoms with Crippen LogP contribution in [0, 0.1) is 17.2 Å². The van der Waals surface area contributed by atoms with Gasteiger partial charge in [0, 0.05) is 18.1 Å². The summed E-state index contributed by atoms with van der Waals surface area (Å²) in [6, 6.07) is 3.49. The SMILES string of the molecule is CSc1ncc2cc(C#N)c(=O)n(CC(C)C)c2n1. The maximum atomic E-state index is 12.2. The average Bonchev–Trinajstić information content (AvgIpc) is 2.40. The van der Waals surface area contributed by atoms with Gasteiger partial charge in [-0.1, -0.05) is 25.6 Å². The van der Waals surface area contributed by atoms with E-state index >= 15 is 0 Å². The third-order valence-corrected chi connectivity index (χ3v) is 3.22. The zero-order valence-corrected chi connectivity index (χ0v) is 11.9. The minimum Gasteiger partial charge on any atom is -0.291 e. The lowest BCUT2D eigenvalue weighted by Crippen LogP contribution is -2.25. The van der Waals surface area contributed by atoms with Crippen LogP contribution in [0.3, 0.4) is 0 Å². The molecular formula is C13H14N4OS. The monoisotopic (exact) mass is 274 g/mol. The predicted molar refractivity (Wildman–Crippen MR) is 75.1 cm³/mol. The van der Waals surface area contributed by atoms with Crippen LogP contribution in [0.1, 0.15) is 19.4 Å². The molecule has 0 radical (unpaired) electrons. The lowest BCUT2D eigenvalue weighted by molar-refractivity contribution is 0.519. The molecule has 0 bridgehead atoms. The molecule has 0 unspecified atom stereocenters. The van der Waals surface area contributed by atoms with E-state index in [1.807, 2.05) is 26.2 Å². The number of pyridine rings is 1. The first-order chi connectivity index (χ1) is 9.06. The first kappa shape index (κ1) is 13.6. The van der Waals surface area contributed by atoms with Crippen LogP contribution < -0.4 is 5.56 Å². The molecule has 0 aliphatic rings. The summed E-state index contributed by atoms with van der Waals surface area (Å²) < 4.78 is 1.57. The molecule has 0 aromatic carbocycles. The molecule has 2 rings (SSSR count). The van der Waals surface area contributed by atoms with Crippen LogP contribution in [-0.2, 0) is 6.54 Å². The fourth-order valence-corrected chi connectivity index (χ4v) is 2.19. The summed E-state index contributed by atoms with van der Waals surface area (Å²) in [4.78, 5) is 20.8. The number of nitriles is 1. The Kier molecular flexibility index (Phi) is 3.86.